The average Bonchev–Trinajstić information content (AvgIpc) is 3.43. The smallest absolute Gasteiger partial charge is 0.335 e. The maximum Gasteiger partial charge on any atom is 0.335 e. The van der Waals surface area contributed by atoms with Gasteiger partial charge in [0.15, 0.2) is 0 Å². The van der Waals surface area contributed by atoms with Crippen LogP contribution in [0, 0.1) is 0 Å². The van der Waals surface area contributed by atoms with E-state index < -0.39 is 5.97 Å². The molecule has 4 heteroatoms. The Morgan fingerprint density at radius 2 is 1.84 bits per heavy atom. The van der Waals surface area contributed by atoms with E-state index in [1.54, 1.807) is 5.56 Å². The molecule has 0 radical (unpaired) electrons. The molecular formula is C28H30N2O2. The Morgan fingerprint density at radius 1 is 1.00 bits per heavy atom. The highest BCUT2D eigenvalue weighted by atomic mass is 16.4. The van der Waals surface area contributed by atoms with Gasteiger partial charge in [-0.1, -0.05) is 43.5 Å². The zero-order valence-electron chi connectivity index (χ0n) is 18.6. The molecule has 3 heterocycles. The molecule has 0 saturated heterocycles. The van der Waals surface area contributed by atoms with Crippen LogP contribution in [0.5, 0.6) is 0 Å². The Hall–Kier alpha value is -2.75. The Bertz CT molecular complexity index is 1260. The third kappa shape index (κ3) is 2.52. The number of aromatic nitrogens is 1. The molecule has 4 nitrogen and oxygen atoms in total. The lowest BCUT2D eigenvalue weighted by molar-refractivity contribution is 0.0697. The summed E-state index contributed by atoms with van der Waals surface area (Å²) in [4.78, 5) is 14.5. The van der Waals surface area contributed by atoms with Crippen molar-refractivity contribution in [3.8, 4) is 11.3 Å². The van der Waals surface area contributed by atoms with Gasteiger partial charge in [0.1, 0.15) is 0 Å². The highest BCUT2D eigenvalue weighted by Crippen LogP contribution is 2.59. The first-order valence-electron chi connectivity index (χ1n) is 12.4. The van der Waals surface area contributed by atoms with E-state index in [1.165, 1.54) is 79.4 Å². The van der Waals surface area contributed by atoms with Gasteiger partial charge >= 0.3 is 5.97 Å². The number of benzene rings is 2. The predicted molar refractivity (Wildman–Crippen MR) is 128 cm³/mol. The van der Waals surface area contributed by atoms with Crippen molar-refractivity contribution in [3.05, 3.63) is 53.1 Å². The molecule has 3 aromatic rings. The van der Waals surface area contributed by atoms with Gasteiger partial charge in [0.25, 0.3) is 0 Å². The molecule has 4 aliphatic rings. The number of carboxylic acids is 1. The van der Waals surface area contributed by atoms with Crippen LogP contribution in [0.25, 0.3) is 22.2 Å². The summed E-state index contributed by atoms with van der Waals surface area (Å²) in [6, 6.07) is 12.8. The first kappa shape index (κ1) is 18.8. The standard InChI is InChI=1S/C28H30N2O2/c31-27(32)19-10-11-20-23(16-19)30-15-5-14-29-17-28(12-13-28)22-9-4-8-21(25(22)29)26(30)24(20)18-6-2-1-3-7-18/h4,8-11,16,18H,1-3,5-7,12-15,17H2,(H,31,32). The summed E-state index contributed by atoms with van der Waals surface area (Å²) in [5.74, 6) is -0.270. The van der Waals surface area contributed by atoms with Gasteiger partial charge in [0, 0.05) is 47.2 Å². The molecule has 1 aromatic heterocycles. The number of aryl methyl sites for hydroxylation is 1. The molecule has 0 unspecified atom stereocenters. The summed E-state index contributed by atoms with van der Waals surface area (Å²) in [5, 5.41) is 11.0. The van der Waals surface area contributed by atoms with Gasteiger partial charge in [0.05, 0.1) is 11.3 Å². The molecular weight excluding hydrogens is 396 g/mol. The Morgan fingerprint density at radius 3 is 2.62 bits per heavy atom. The third-order valence-electron chi connectivity index (χ3n) is 8.70. The van der Waals surface area contributed by atoms with Crippen LogP contribution in [0.2, 0.25) is 0 Å². The molecule has 2 aromatic carbocycles. The van der Waals surface area contributed by atoms with Gasteiger partial charge in [-0.05, 0) is 61.3 Å². The molecule has 164 valence electrons. The Balaban J connectivity index is 1.55. The zero-order valence-corrected chi connectivity index (χ0v) is 18.6. The normalized spacial score (nSPS) is 21.3. The van der Waals surface area contributed by atoms with Crippen molar-refractivity contribution in [2.24, 2.45) is 0 Å². The van der Waals surface area contributed by atoms with Crippen molar-refractivity contribution >= 4 is 22.6 Å². The number of rotatable bonds is 2. The van der Waals surface area contributed by atoms with Crippen molar-refractivity contribution in [2.75, 3.05) is 18.0 Å². The van der Waals surface area contributed by atoms with Crippen LogP contribution in [0.3, 0.4) is 0 Å². The van der Waals surface area contributed by atoms with Crippen molar-refractivity contribution in [1.82, 2.24) is 4.57 Å². The number of carbonyl (C=O) groups is 1. The van der Waals surface area contributed by atoms with Crippen LogP contribution < -0.4 is 4.90 Å². The Kier molecular flexibility index (Phi) is 3.89. The highest BCUT2D eigenvalue weighted by Gasteiger charge is 2.52. The third-order valence-corrected chi connectivity index (χ3v) is 8.70. The van der Waals surface area contributed by atoms with E-state index in [4.69, 9.17) is 0 Å². The fraction of sp³-hybridized carbons (Fsp3) is 0.464. The molecule has 0 bridgehead atoms. The predicted octanol–water partition coefficient (Wildman–Crippen LogP) is 6.31. The van der Waals surface area contributed by atoms with Crippen LogP contribution in [-0.2, 0) is 12.0 Å². The number of fused-ring (bicyclic) bond motifs is 5. The first-order valence-corrected chi connectivity index (χ1v) is 12.4. The van der Waals surface area contributed by atoms with Crippen LogP contribution in [0.4, 0.5) is 5.69 Å². The second-order valence-electron chi connectivity index (χ2n) is 10.5. The summed E-state index contributed by atoms with van der Waals surface area (Å²) in [6.45, 7) is 3.22. The minimum absolute atomic E-state index is 0.395. The SMILES string of the molecule is O=C(O)c1ccc2c(C3CCCCC3)c3n(c2c1)CCCN1CC2(CC2)c2cccc-3c21. The van der Waals surface area contributed by atoms with Crippen molar-refractivity contribution in [3.63, 3.8) is 0 Å². The van der Waals surface area contributed by atoms with Gasteiger partial charge in [-0.15, -0.1) is 0 Å². The number of hydrogen-bond donors (Lipinski definition) is 1. The average molecular weight is 427 g/mol. The quantitative estimate of drug-likeness (QED) is 0.522. The molecule has 2 saturated carbocycles. The molecule has 32 heavy (non-hydrogen) atoms. The second kappa shape index (κ2) is 6.63. The molecule has 2 fully saturated rings. The van der Waals surface area contributed by atoms with E-state index in [-0.39, 0.29) is 0 Å². The van der Waals surface area contributed by atoms with Crippen LogP contribution in [0.15, 0.2) is 36.4 Å². The van der Waals surface area contributed by atoms with Crippen LogP contribution in [0.1, 0.15) is 78.8 Å². The zero-order chi connectivity index (χ0) is 21.4. The van der Waals surface area contributed by atoms with Crippen LogP contribution in [-0.4, -0.2) is 28.7 Å². The molecule has 2 aliphatic carbocycles. The lowest BCUT2D eigenvalue weighted by Crippen LogP contribution is -2.28. The van der Waals surface area contributed by atoms with Crippen LogP contribution >= 0.6 is 0 Å². The maximum absolute atomic E-state index is 11.8. The maximum atomic E-state index is 11.8. The second-order valence-corrected chi connectivity index (χ2v) is 10.5. The monoisotopic (exact) mass is 426 g/mol. The van der Waals surface area contributed by atoms with E-state index in [0.29, 0.717) is 16.9 Å². The van der Waals surface area contributed by atoms with Crippen molar-refractivity contribution in [1.29, 1.82) is 0 Å². The number of carboxylic acid groups (broad SMARTS) is 1. The fourth-order valence-electron chi connectivity index (χ4n) is 7.06. The molecule has 1 spiro atoms. The first-order chi connectivity index (χ1) is 15.7. The van der Waals surface area contributed by atoms with E-state index in [1.807, 2.05) is 12.1 Å². The summed E-state index contributed by atoms with van der Waals surface area (Å²) in [6.07, 6.45) is 10.2. The van der Waals surface area contributed by atoms with Gasteiger partial charge in [-0.3, -0.25) is 0 Å². The minimum Gasteiger partial charge on any atom is -0.478 e. The summed E-state index contributed by atoms with van der Waals surface area (Å²) < 4.78 is 2.48. The van der Waals surface area contributed by atoms with E-state index in [2.05, 4.69) is 33.7 Å². The number of para-hydroxylation sites is 1. The summed E-state index contributed by atoms with van der Waals surface area (Å²) >= 11 is 0. The highest BCUT2D eigenvalue weighted by molar-refractivity contribution is 6.00. The lowest BCUT2D eigenvalue weighted by atomic mass is 9.81. The number of nitrogens with zero attached hydrogens (tertiary/aromatic N) is 2. The summed E-state index contributed by atoms with van der Waals surface area (Å²) in [5.41, 5.74) is 9.21. The summed E-state index contributed by atoms with van der Waals surface area (Å²) in [7, 11) is 0. The molecule has 7 rings (SSSR count). The van der Waals surface area contributed by atoms with E-state index in [0.717, 1.165) is 25.0 Å². The number of hydrogen-bond acceptors (Lipinski definition) is 2. The van der Waals surface area contributed by atoms with E-state index >= 15 is 0 Å². The van der Waals surface area contributed by atoms with Gasteiger partial charge in [-0.25, -0.2) is 4.79 Å². The number of anilines is 1. The molecule has 2 aliphatic heterocycles. The molecule has 1 N–H and O–H groups in total. The van der Waals surface area contributed by atoms with Gasteiger partial charge in [-0.2, -0.15) is 0 Å². The van der Waals surface area contributed by atoms with Crippen molar-refractivity contribution < 1.29 is 9.90 Å². The largest absolute Gasteiger partial charge is 0.478 e. The molecule has 0 amide bonds. The minimum atomic E-state index is -0.838. The number of aromatic carboxylic acids is 1. The van der Waals surface area contributed by atoms with E-state index in [9.17, 15) is 9.90 Å². The van der Waals surface area contributed by atoms with Crippen molar-refractivity contribution in [2.45, 2.75) is 69.2 Å². The van der Waals surface area contributed by atoms with Gasteiger partial charge < -0.3 is 14.6 Å². The van der Waals surface area contributed by atoms with Gasteiger partial charge in [0.2, 0.25) is 0 Å². The Labute approximate surface area is 188 Å². The fourth-order valence-corrected chi connectivity index (χ4v) is 7.06. The lowest BCUT2D eigenvalue weighted by Gasteiger charge is -2.29. The topological polar surface area (TPSA) is 45.5 Å². The molecule has 0 atom stereocenters.